The highest BCUT2D eigenvalue weighted by atomic mass is 16.5. The molecule has 0 amide bonds. The highest BCUT2D eigenvalue weighted by Gasteiger charge is 2.33. The summed E-state index contributed by atoms with van der Waals surface area (Å²) >= 11 is 0. The van der Waals surface area contributed by atoms with Crippen molar-refractivity contribution in [2.45, 2.75) is 31.8 Å². The maximum atomic E-state index is 9.89. The number of likely N-dealkylation sites (tertiary alicyclic amines) is 2. The van der Waals surface area contributed by atoms with Gasteiger partial charge in [0.2, 0.25) is 0 Å². The molecule has 0 spiro atoms. The van der Waals surface area contributed by atoms with Gasteiger partial charge in [0.25, 0.3) is 0 Å². The lowest BCUT2D eigenvalue weighted by molar-refractivity contribution is 0.0354. The third-order valence-corrected chi connectivity index (χ3v) is 5.08. The van der Waals surface area contributed by atoms with Gasteiger partial charge in [0.1, 0.15) is 0 Å². The Balaban J connectivity index is 1.62. The lowest BCUT2D eigenvalue weighted by Crippen LogP contribution is -2.52. The zero-order valence-corrected chi connectivity index (χ0v) is 13.1. The molecular formula is C17H26N2O2. The van der Waals surface area contributed by atoms with Gasteiger partial charge in [0.15, 0.2) is 11.5 Å². The SMILES string of the molecule is COc1ccc(CN2CCC3C(CCCN3C)C2)cc1O. The topological polar surface area (TPSA) is 35.9 Å². The van der Waals surface area contributed by atoms with Crippen LogP contribution >= 0.6 is 0 Å². The largest absolute Gasteiger partial charge is 0.504 e. The molecule has 116 valence electrons. The maximum absolute atomic E-state index is 9.89. The van der Waals surface area contributed by atoms with Crippen molar-refractivity contribution in [3.63, 3.8) is 0 Å². The first kappa shape index (κ1) is 14.7. The summed E-state index contributed by atoms with van der Waals surface area (Å²) < 4.78 is 5.10. The molecule has 0 radical (unpaired) electrons. The number of methoxy groups -OCH3 is 1. The van der Waals surface area contributed by atoms with E-state index in [1.54, 1.807) is 7.11 Å². The van der Waals surface area contributed by atoms with Crippen LogP contribution in [0.15, 0.2) is 18.2 Å². The van der Waals surface area contributed by atoms with Crippen molar-refractivity contribution in [1.82, 2.24) is 9.80 Å². The van der Waals surface area contributed by atoms with E-state index in [1.807, 2.05) is 12.1 Å². The van der Waals surface area contributed by atoms with Crippen molar-refractivity contribution in [1.29, 1.82) is 0 Å². The summed E-state index contributed by atoms with van der Waals surface area (Å²) in [6.45, 7) is 4.51. The van der Waals surface area contributed by atoms with Gasteiger partial charge in [-0.2, -0.15) is 0 Å². The van der Waals surface area contributed by atoms with Crippen LogP contribution in [0.1, 0.15) is 24.8 Å². The van der Waals surface area contributed by atoms with Gasteiger partial charge in [-0.05, 0) is 63.0 Å². The number of hydrogen-bond donors (Lipinski definition) is 1. The monoisotopic (exact) mass is 290 g/mol. The average Bonchev–Trinajstić information content (AvgIpc) is 2.48. The van der Waals surface area contributed by atoms with Crippen molar-refractivity contribution in [2.75, 3.05) is 33.8 Å². The molecule has 2 fully saturated rings. The standard InChI is InChI=1S/C17H26N2O2/c1-18-8-3-4-14-12-19(9-7-15(14)18)11-13-5-6-17(21-2)16(20)10-13/h5-6,10,14-15,20H,3-4,7-9,11-12H2,1-2H3. The highest BCUT2D eigenvalue weighted by Crippen LogP contribution is 2.31. The molecule has 2 heterocycles. The zero-order chi connectivity index (χ0) is 14.8. The van der Waals surface area contributed by atoms with E-state index in [0.29, 0.717) is 5.75 Å². The Morgan fingerprint density at radius 3 is 2.90 bits per heavy atom. The van der Waals surface area contributed by atoms with E-state index in [0.717, 1.165) is 30.6 Å². The summed E-state index contributed by atoms with van der Waals surface area (Å²) in [6, 6.07) is 6.51. The number of fused-ring (bicyclic) bond motifs is 1. The lowest BCUT2D eigenvalue weighted by Gasteiger charge is -2.46. The minimum Gasteiger partial charge on any atom is -0.504 e. The molecule has 21 heavy (non-hydrogen) atoms. The fourth-order valence-corrected chi connectivity index (χ4v) is 3.96. The van der Waals surface area contributed by atoms with Crippen LogP contribution in [0.5, 0.6) is 11.5 Å². The number of rotatable bonds is 3. The van der Waals surface area contributed by atoms with Crippen LogP contribution in [0.2, 0.25) is 0 Å². The third-order valence-electron chi connectivity index (χ3n) is 5.08. The second-order valence-electron chi connectivity index (χ2n) is 6.48. The molecule has 1 aromatic carbocycles. The van der Waals surface area contributed by atoms with Gasteiger partial charge in [-0.3, -0.25) is 4.90 Å². The number of piperidine rings is 2. The van der Waals surface area contributed by atoms with Crippen molar-refractivity contribution < 1.29 is 9.84 Å². The van der Waals surface area contributed by atoms with Gasteiger partial charge < -0.3 is 14.7 Å². The Kier molecular flexibility index (Phi) is 4.36. The van der Waals surface area contributed by atoms with Crippen molar-refractivity contribution in [2.24, 2.45) is 5.92 Å². The molecule has 0 aromatic heterocycles. The van der Waals surface area contributed by atoms with Gasteiger partial charge in [0.05, 0.1) is 7.11 Å². The van der Waals surface area contributed by atoms with E-state index in [1.165, 1.54) is 32.4 Å². The Morgan fingerprint density at radius 2 is 2.14 bits per heavy atom. The fourth-order valence-electron chi connectivity index (χ4n) is 3.96. The zero-order valence-electron chi connectivity index (χ0n) is 13.1. The number of benzene rings is 1. The summed E-state index contributed by atoms with van der Waals surface area (Å²) in [5.41, 5.74) is 1.16. The number of aromatic hydroxyl groups is 1. The molecule has 2 saturated heterocycles. The molecule has 4 heteroatoms. The molecule has 2 aliphatic heterocycles. The van der Waals surface area contributed by atoms with Gasteiger partial charge >= 0.3 is 0 Å². The molecular weight excluding hydrogens is 264 g/mol. The van der Waals surface area contributed by atoms with E-state index in [9.17, 15) is 5.11 Å². The minimum absolute atomic E-state index is 0.238. The minimum atomic E-state index is 0.238. The fraction of sp³-hybridized carbons (Fsp3) is 0.647. The number of phenols is 1. The Hall–Kier alpha value is -1.26. The van der Waals surface area contributed by atoms with E-state index in [4.69, 9.17) is 4.74 Å². The quantitative estimate of drug-likeness (QED) is 0.927. The first-order valence-corrected chi connectivity index (χ1v) is 7.96. The molecule has 2 unspecified atom stereocenters. The summed E-state index contributed by atoms with van der Waals surface area (Å²) in [7, 11) is 3.85. The Bertz CT molecular complexity index is 492. The van der Waals surface area contributed by atoms with E-state index >= 15 is 0 Å². The van der Waals surface area contributed by atoms with E-state index < -0.39 is 0 Å². The lowest BCUT2D eigenvalue weighted by atomic mass is 9.84. The number of ether oxygens (including phenoxy) is 1. The predicted octanol–water partition coefficient (Wildman–Crippen LogP) is 2.32. The first-order chi connectivity index (χ1) is 10.2. The molecule has 2 atom stereocenters. The van der Waals surface area contributed by atoms with Crippen LogP contribution in [-0.4, -0.2) is 54.7 Å². The normalized spacial score (nSPS) is 27.3. The van der Waals surface area contributed by atoms with Crippen molar-refractivity contribution in [3.05, 3.63) is 23.8 Å². The number of hydrogen-bond acceptors (Lipinski definition) is 4. The van der Waals surface area contributed by atoms with Crippen molar-refractivity contribution in [3.8, 4) is 11.5 Å². The Morgan fingerprint density at radius 1 is 1.29 bits per heavy atom. The molecule has 1 N–H and O–H groups in total. The van der Waals surface area contributed by atoms with E-state index in [-0.39, 0.29) is 5.75 Å². The van der Waals surface area contributed by atoms with Gasteiger partial charge in [-0.1, -0.05) is 6.07 Å². The second-order valence-corrected chi connectivity index (χ2v) is 6.48. The Labute approximate surface area is 127 Å². The summed E-state index contributed by atoms with van der Waals surface area (Å²) in [5, 5.41) is 9.89. The van der Waals surface area contributed by atoms with Crippen LogP contribution in [0.3, 0.4) is 0 Å². The molecule has 3 rings (SSSR count). The van der Waals surface area contributed by atoms with Crippen molar-refractivity contribution >= 4 is 0 Å². The van der Waals surface area contributed by atoms with Gasteiger partial charge in [-0.15, -0.1) is 0 Å². The number of phenolic OH excluding ortho intramolecular Hbond substituents is 1. The van der Waals surface area contributed by atoms with Crippen LogP contribution in [0, 0.1) is 5.92 Å². The summed E-state index contributed by atoms with van der Waals surface area (Å²) in [4.78, 5) is 5.08. The molecule has 0 aliphatic carbocycles. The number of nitrogens with zero attached hydrogens (tertiary/aromatic N) is 2. The summed E-state index contributed by atoms with van der Waals surface area (Å²) in [6.07, 6.45) is 3.96. The molecule has 1 aromatic rings. The molecule has 4 nitrogen and oxygen atoms in total. The maximum Gasteiger partial charge on any atom is 0.160 e. The average molecular weight is 290 g/mol. The molecule has 0 bridgehead atoms. The smallest absolute Gasteiger partial charge is 0.160 e. The van der Waals surface area contributed by atoms with Crippen LogP contribution < -0.4 is 4.74 Å². The molecule has 0 saturated carbocycles. The predicted molar refractivity (Wildman–Crippen MR) is 83.7 cm³/mol. The van der Waals surface area contributed by atoms with Crippen LogP contribution in [0.4, 0.5) is 0 Å². The van der Waals surface area contributed by atoms with E-state index in [2.05, 4.69) is 22.9 Å². The first-order valence-electron chi connectivity index (χ1n) is 7.96. The van der Waals surface area contributed by atoms with Crippen LogP contribution in [0.25, 0.3) is 0 Å². The third kappa shape index (κ3) is 3.16. The summed E-state index contributed by atoms with van der Waals surface area (Å²) in [5.74, 6) is 1.60. The molecule has 2 aliphatic rings. The van der Waals surface area contributed by atoms with Crippen LogP contribution in [-0.2, 0) is 6.54 Å². The second kappa shape index (κ2) is 6.24. The van der Waals surface area contributed by atoms with Gasteiger partial charge in [-0.25, -0.2) is 0 Å². The highest BCUT2D eigenvalue weighted by molar-refractivity contribution is 5.41. The van der Waals surface area contributed by atoms with Gasteiger partial charge in [0, 0.05) is 19.1 Å².